The first kappa shape index (κ1) is 15.5. The zero-order valence-corrected chi connectivity index (χ0v) is 12.3. The van der Waals surface area contributed by atoms with Crippen LogP contribution in [0.1, 0.15) is 31.4 Å². The number of hydrogen-bond acceptors (Lipinski definition) is 3. The molecule has 0 radical (unpaired) electrons. The first-order chi connectivity index (χ1) is 9.08. The quantitative estimate of drug-likeness (QED) is 0.821. The van der Waals surface area contributed by atoms with Gasteiger partial charge < -0.3 is 15.0 Å². The highest BCUT2D eigenvalue weighted by Gasteiger charge is 2.07. The lowest BCUT2D eigenvalue weighted by Gasteiger charge is -2.15. The van der Waals surface area contributed by atoms with Crippen molar-refractivity contribution in [3.8, 4) is 5.75 Å². The molecule has 0 fully saturated rings. The predicted octanol–water partition coefficient (Wildman–Crippen LogP) is 2.21. The number of carbonyl (C=O) groups excluding carboxylic acids is 1. The van der Waals surface area contributed by atoms with Gasteiger partial charge in [0.2, 0.25) is 5.91 Å². The Balaban J connectivity index is 2.46. The summed E-state index contributed by atoms with van der Waals surface area (Å²) >= 11 is 0. The lowest BCUT2D eigenvalue weighted by molar-refractivity contribution is -0.129. The average Bonchev–Trinajstić information content (AvgIpc) is 2.41. The number of nitrogens with one attached hydrogen (secondary N) is 1. The minimum Gasteiger partial charge on any atom is -0.493 e. The van der Waals surface area contributed by atoms with E-state index in [9.17, 15) is 4.79 Å². The van der Waals surface area contributed by atoms with E-state index in [1.807, 2.05) is 19.2 Å². The van der Waals surface area contributed by atoms with Crippen LogP contribution >= 0.6 is 0 Å². The van der Waals surface area contributed by atoms with E-state index in [0.717, 1.165) is 12.2 Å². The molecule has 0 heterocycles. The van der Waals surface area contributed by atoms with Crippen molar-refractivity contribution in [3.63, 3.8) is 0 Å². The third-order valence-corrected chi connectivity index (χ3v) is 3.12. The van der Waals surface area contributed by atoms with Gasteiger partial charge in [-0.1, -0.05) is 19.1 Å². The van der Waals surface area contributed by atoms with Crippen LogP contribution in [0.25, 0.3) is 0 Å². The summed E-state index contributed by atoms with van der Waals surface area (Å²) in [5.74, 6) is 0.888. The molecule has 1 rings (SSSR count). The molecule has 0 aliphatic heterocycles. The first-order valence-corrected chi connectivity index (χ1v) is 6.68. The van der Waals surface area contributed by atoms with Gasteiger partial charge in [0.15, 0.2) is 0 Å². The van der Waals surface area contributed by atoms with Crippen molar-refractivity contribution < 1.29 is 9.53 Å². The maximum atomic E-state index is 11.4. The Morgan fingerprint density at radius 3 is 2.42 bits per heavy atom. The molecule has 0 saturated carbocycles. The molecule has 0 aliphatic carbocycles. The van der Waals surface area contributed by atoms with Crippen LogP contribution in [-0.4, -0.2) is 38.6 Å². The van der Waals surface area contributed by atoms with Crippen molar-refractivity contribution in [2.24, 2.45) is 0 Å². The molecule has 1 amide bonds. The van der Waals surface area contributed by atoms with E-state index in [4.69, 9.17) is 4.74 Å². The Hall–Kier alpha value is -1.55. The fourth-order valence-electron chi connectivity index (χ4n) is 1.88. The van der Waals surface area contributed by atoms with Gasteiger partial charge in [0.05, 0.1) is 13.0 Å². The van der Waals surface area contributed by atoms with Crippen LogP contribution in [0.15, 0.2) is 24.3 Å². The molecule has 1 N–H and O–H groups in total. The van der Waals surface area contributed by atoms with Gasteiger partial charge in [-0.2, -0.15) is 0 Å². The number of nitrogens with zero attached hydrogens (tertiary/aromatic N) is 1. The van der Waals surface area contributed by atoms with E-state index < -0.39 is 0 Å². The van der Waals surface area contributed by atoms with E-state index >= 15 is 0 Å². The van der Waals surface area contributed by atoms with Gasteiger partial charge in [-0.05, 0) is 31.2 Å². The number of rotatable bonds is 7. The van der Waals surface area contributed by atoms with Crippen LogP contribution in [0.4, 0.5) is 0 Å². The maximum absolute atomic E-state index is 11.4. The summed E-state index contributed by atoms with van der Waals surface area (Å²) in [6.07, 6.45) is 1.46. The van der Waals surface area contributed by atoms with Crippen molar-refractivity contribution in [2.75, 3.05) is 27.7 Å². The Morgan fingerprint density at radius 1 is 1.32 bits per heavy atom. The summed E-state index contributed by atoms with van der Waals surface area (Å²) in [6.45, 7) is 2.57. The van der Waals surface area contributed by atoms with Crippen LogP contribution in [0.2, 0.25) is 0 Å². The van der Waals surface area contributed by atoms with Crippen molar-refractivity contribution in [2.45, 2.75) is 25.8 Å². The second-order valence-electron chi connectivity index (χ2n) is 4.71. The molecule has 1 unspecified atom stereocenters. The smallest absolute Gasteiger partial charge is 0.225 e. The number of ether oxygens (including phenoxy) is 1. The average molecular weight is 264 g/mol. The van der Waals surface area contributed by atoms with Crippen molar-refractivity contribution in [1.82, 2.24) is 10.2 Å². The predicted molar refractivity (Wildman–Crippen MR) is 77.3 cm³/mol. The van der Waals surface area contributed by atoms with Crippen molar-refractivity contribution in [3.05, 3.63) is 29.8 Å². The summed E-state index contributed by atoms with van der Waals surface area (Å²) in [5.41, 5.74) is 1.25. The zero-order chi connectivity index (χ0) is 14.3. The second kappa shape index (κ2) is 7.79. The Kier molecular flexibility index (Phi) is 6.36. The number of benzene rings is 1. The van der Waals surface area contributed by atoms with Gasteiger partial charge in [0.25, 0.3) is 0 Å². The highest BCUT2D eigenvalue weighted by Crippen LogP contribution is 2.19. The molecule has 0 spiro atoms. The molecule has 1 aromatic carbocycles. The summed E-state index contributed by atoms with van der Waals surface area (Å²) < 4.78 is 5.56. The fraction of sp³-hybridized carbons (Fsp3) is 0.533. The van der Waals surface area contributed by atoms with Gasteiger partial charge in [0.1, 0.15) is 5.75 Å². The van der Waals surface area contributed by atoms with Gasteiger partial charge in [-0.3, -0.25) is 4.79 Å². The molecule has 4 nitrogen and oxygen atoms in total. The van der Waals surface area contributed by atoms with Crippen LogP contribution in [0, 0.1) is 0 Å². The molecule has 0 bridgehead atoms. The third-order valence-electron chi connectivity index (χ3n) is 3.12. The van der Waals surface area contributed by atoms with Gasteiger partial charge in [-0.25, -0.2) is 0 Å². The molecule has 0 saturated heterocycles. The van der Waals surface area contributed by atoms with Crippen molar-refractivity contribution in [1.29, 1.82) is 0 Å². The minimum atomic E-state index is 0.0813. The van der Waals surface area contributed by atoms with E-state index in [2.05, 4.69) is 24.4 Å². The van der Waals surface area contributed by atoms with E-state index in [1.54, 1.807) is 19.0 Å². The number of hydrogen-bond donors (Lipinski definition) is 1. The molecule has 1 atom stereocenters. The van der Waals surface area contributed by atoms with Gasteiger partial charge in [0, 0.05) is 20.1 Å². The van der Waals surface area contributed by atoms with Crippen LogP contribution in [0.5, 0.6) is 5.75 Å². The summed E-state index contributed by atoms with van der Waals surface area (Å²) in [6, 6.07) is 8.41. The standard InChI is InChI=1S/C15H24N2O2/c1-5-14(16-2)12-6-8-13(9-7-12)19-11-10-15(18)17(3)4/h6-9,14,16H,5,10-11H2,1-4H3. The van der Waals surface area contributed by atoms with Gasteiger partial charge >= 0.3 is 0 Å². The molecule has 0 aromatic heterocycles. The van der Waals surface area contributed by atoms with Crippen LogP contribution in [0.3, 0.4) is 0 Å². The third kappa shape index (κ3) is 4.91. The highest BCUT2D eigenvalue weighted by atomic mass is 16.5. The fourth-order valence-corrected chi connectivity index (χ4v) is 1.88. The molecular formula is C15H24N2O2. The number of carbonyl (C=O) groups is 1. The Bertz CT molecular complexity index is 384. The van der Waals surface area contributed by atoms with Crippen molar-refractivity contribution >= 4 is 5.91 Å². The summed E-state index contributed by atoms with van der Waals surface area (Å²) in [7, 11) is 5.46. The van der Waals surface area contributed by atoms with Gasteiger partial charge in [-0.15, -0.1) is 0 Å². The normalized spacial score (nSPS) is 12.0. The topological polar surface area (TPSA) is 41.6 Å². The second-order valence-corrected chi connectivity index (χ2v) is 4.71. The Labute approximate surface area is 115 Å². The summed E-state index contributed by atoms with van der Waals surface area (Å²) in [5, 5.41) is 3.27. The maximum Gasteiger partial charge on any atom is 0.225 e. The largest absolute Gasteiger partial charge is 0.493 e. The lowest BCUT2D eigenvalue weighted by Crippen LogP contribution is -2.23. The SMILES string of the molecule is CCC(NC)c1ccc(OCCC(=O)N(C)C)cc1. The van der Waals surface area contributed by atoms with Crippen LogP contribution in [-0.2, 0) is 4.79 Å². The molecule has 106 valence electrons. The van der Waals surface area contributed by atoms with E-state index in [-0.39, 0.29) is 5.91 Å². The molecular weight excluding hydrogens is 240 g/mol. The first-order valence-electron chi connectivity index (χ1n) is 6.68. The Morgan fingerprint density at radius 2 is 1.95 bits per heavy atom. The zero-order valence-electron chi connectivity index (χ0n) is 12.3. The van der Waals surface area contributed by atoms with E-state index in [1.165, 1.54) is 5.56 Å². The summed E-state index contributed by atoms with van der Waals surface area (Å²) in [4.78, 5) is 13.0. The van der Waals surface area contributed by atoms with Crippen LogP contribution < -0.4 is 10.1 Å². The molecule has 4 heteroatoms. The molecule has 19 heavy (non-hydrogen) atoms. The molecule has 1 aromatic rings. The molecule has 0 aliphatic rings. The monoisotopic (exact) mass is 264 g/mol. The number of amides is 1. The minimum absolute atomic E-state index is 0.0813. The lowest BCUT2D eigenvalue weighted by atomic mass is 10.1. The van der Waals surface area contributed by atoms with E-state index in [0.29, 0.717) is 19.1 Å². The highest BCUT2D eigenvalue weighted by molar-refractivity contribution is 5.75.